The van der Waals surface area contributed by atoms with Crippen LogP contribution in [0.15, 0.2) is 67.5 Å². The number of rotatable bonds is 5. The van der Waals surface area contributed by atoms with Gasteiger partial charge in [-0.15, -0.1) is 0 Å². The van der Waals surface area contributed by atoms with Crippen LogP contribution in [0.4, 0.5) is 0 Å². The molecule has 0 atom stereocenters. The molecule has 0 bridgehead atoms. The van der Waals surface area contributed by atoms with E-state index in [-0.39, 0.29) is 11.8 Å². The average molecular weight is 399 g/mol. The molecular formula is C23H21N5O2. The lowest BCUT2D eigenvalue weighted by Gasteiger charge is -2.28. The lowest BCUT2D eigenvalue weighted by atomic mass is 10.0. The molecule has 1 aliphatic rings. The van der Waals surface area contributed by atoms with Crippen LogP contribution in [-0.2, 0) is 24.3 Å². The second kappa shape index (κ2) is 8.65. The van der Waals surface area contributed by atoms with E-state index in [0.29, 0.717) is 43.3 Å². The van der Waals surface area contributed by atoms with Gasteiger partial charge >= 0.3 is 0 Å². The fourth-order valence-electron chi connectivity index (χ4n) is 3.42. The Kier molecular flexibility index (Phi) is 5.61. The molecule has 7 heteroatoms. The maximum Gasteiger partial charge on any atom is 0.270 e. The van der Waals surface area contributed by atoms with Crippen LogP contribution in [0, 0.1) is 0 Å². The van der Waals surface area contributed by atoms with Crippen molar-refractivity contribution in [1.29, 1.82) is 0 Å². The maximum atomic E-state index is 13.0. The first kappa shape index (κ1) is 19.4. The van der Waals surface area contributed by atoms with Crippen LogP contribution in [0.25, 0.3) is 11.4 Å². The van der Waals surface area contributed by atoms with Gasteiger partial charge in [0.15, 0.2) is 5.82 Å². The lowest BCUT2D eigenvalue weighted by Crippen LogP contribution is -2.37. The van der Waals surface area contributed by atoms with Crippen molar-refractivity contribution in [3.05, 3.63) is 90.0 Å². The first-order valence-electron chi connectivity index (χ1n) is 9.69. The molecule has 0 aliphatic carbocycles. The highest BCUT2D eigenvalue weighted by Gasteiger charge is 2.27. The Bertz CT molecular complexity index is 1080. The quantitative estimate of drug-likeness (QED) is 0.666. The molecule has 0 unspecified atom stereocenters. The van der Waals surface area contributed by atoms with Crippen LogP contribution in [0.2, 0.25) is 0 Å². The molecule has 3 aromatic rings. The van der Waals surface area contributed by atoms with E-state index in [1.54, 1.807) is 17.3 Å². The summed E-state index contributed by atoms with van der Waals surface area (Å²) in [5.74, 6) is 0.0510. The number of amides is 2. The van der Waals surface area contributed by atoms with Crippen LogP contribution in [-0.4, -0.2) is 38.2 Å². The van der Waals surface area contributed by atoms with Gasteiger partial charge in [-0.25, -0.2) is 9.97 Å². The van der Waals surface area contributed by atoms with E-state index in [9.17, 15) is 9.59 Å². The number of carbonyl (C=O) groups excluding carboxylic acids is 2. The number of aromatic nitrogens is 3. The minimum absolute atomic E-state index is 0.150. The average Bonchev–Trinajstić information content (AvgIpc) is 2.82. The monoisotopic (exact) mass is 399 g/mol. The summed E-state index contributed by atoms with van der Waals surface area (Å²) >= 11 is 0. The van der Waals surface area contributed by atoms with Gasteiger partial charge in [0.25, 0.3) is 5.91 Å². The van der Waals surface area contributed by atoms with Gasteiger partial charge in [0.05, 0.1) is 12.2 Å². The molecule has 0 saturated carbocycles. The molecule has 0 saturated heterocycles. The van der Waals surface area contributed by atoms with Gasteiger partial charge in [0.1, 0.15) is 5.69 Å². The number of fused-ring (bicyclic) bond motifs is 1. The van der Waals surface area contributed by atoms with E-state index >= 15 is 0 Å². The van der Waals surface area contributed by atoms with Crippen molar-refractivity contribution >= 4 is 11.8 Å². The Morgan fingerprint density at radius 2 is 1.97 bits per heavy atom. The summed E-state index contributed by atoms with van der Waals surface area (Å²) in [6.07, 6.45) is 5.21. The third kappa shape index (κ3) is 4.10. The van der Waals surface area contributed by atoms with Crippen molar-refractivity contribution in [2.75, 3.05) is 6.54 Å². The van der Waals surface area contributed by atoms with Gasteiger partial charge in [0.2, 0.25) is 5.91 Å². The smallest absolute Gasteiger partial charge is 0.270 e. The molecule has 150 valence electrons. The van der Waals surface area contributed by atoms with Gasteiger partial charge in [-0.2, -0.15) is 0 Å². The van der Waals surface area contributed by atoms with Gasteiger partial charge in [-0.1, -0.05) is 43.0 Å². The first-order chi connectivity index (χ1) is 14.7. The molecule has 4 rings (SSSR count). The Morgan fingerprint density at radius 1 is 1.13 bits per heavy atom. The molecule has 1 N–H and O–H groups in total. The molecule has 1 aromatic carbocycles. The van der Waals surface area contributed by atoms with E-state index in [4.69, 9.17) is 0 Å². The summed E-state index contributed by atoms with van der Waals surface area (Å²) in [5.41, 5.74) is 3.55. The Hall–Kier alpha value is -3.87. The summed E-state index contributed by atoms with van der Waals surface area (Å²) in [7, 11) is 0. The van der Waals surface area contributed by atoms with Crippen molar-refractivity contribution in [3.8, 4) is 11.4 Å². The molecule has 1 aliphatic heterocycles. The van der Waals surface area contributed by atoms with Crippen molar-refractivity contribution in [2.24, 2.45) is 0 Å². The summed E-state index contributed by atoms with van der Waals surface area (Å²) in [4.78, 5) is 40.1. The highest BCUT2D eigenvalue weighted by molar-refractivity contribution is 5.94. The van der Waals surface area contributed by atoms with Crippen molar-refractivity contribution in [1.82, 2.24) is 25.2 Å². The zero-order valence-electron chi connectivity index (χ0n) is 16.4. The van der Waals surface area contributed by atoms with Crippen molar-refractivity contribution in [2.45, 2.75) is 19.5 Å². The van der Waals surface area contributed by atoms with Crippen LogP contribution in [0.1, 0.15) is 27.3 Å². The first-order valence-corrected chi connectivity index (χ1v) is 9.69. The molecule has 0 spiro atoms. The number of pyridine rings is 1. The van der Waals surface area contributed by atoms with E-state index < -0.39 is 0 Å². The normalized spacial score (nSPS) is 12.7. The number of hydrogen-bond donors (Lipinski definition) is 1. The van der Waals surface area contributed by atoms with Crippen LogP contribution < -0.4 is 5.32 Å². The second-order valence-electron chi connectivity index (χ2n) is 6.94. The number of hydrogen-bond acceptors (Lipinski definition) is 5. The molecule has 0 fully saturated rings. The van der Waals surface area contributed by atoms with Crippen LogP contribution >= 0.6 is 0 Å². The van der Waals surface area contributed by atoms with E-state index in [0.717, 1.165) is 16.7 Å². The maximum absolute atomic E-state index is 13.0. The van der Waals surface area contributed by atoms with E-state index in [2.05, 4.69) is 26.8 Å². The molecule has 7 nitrogen and oxygen atoms in total. The second-order valence-corrected chi connectivity index (χ2v) is 6.94. The molecule has 30 heavy (non-hydrogen) atoms. The van der Waals surface area contributed by atoms with E-state index in [1.807, 2.05) is 42.5 Å². The fourth-order valence-corrected chi connectivity index (χ4v) is 3.42. The standard InChI is InChI=1S/C23H21N5O2/c1-2-20(29)28-12-10-18-19(15-28)26-22(17-8-4-3-5-9-17)27-21(18)23(30)25-14-16-7-6-11-24-13-16/h2-9,11,13H,1,10,12,14-15H2,(H,25,30). The highest BCUT2D eigenvalue weighted by Crippen LogP contribution is 2.24. The number of carbonyl (C=O) groups is 2. The number of nitrogens with zero attached hydrogens (tertiary/aromatic N) is 4. The predicted molar refractivity (Wildman–Crippen MR) is 112 cm³/mol. The van der Waals surface area contributed by atoms with Crippen LogP contribution in [0.3, 0.4) is 0 Å². The minimum Gasteiger partial charge on any atom is -0.347 e. The van der Waals surface area contributed by atoms with Crippen molar-refractivity contribution in [3.63, 3.8) is 0 Å². The topological polar surface area (TPSA) is 88.1 Å². The summed E-state index contributed by atoms with van der Waals surface area (Å²) in [6, 6.07) is 13.2. The molecule has 2 aromatic heterocycles. The molecule has 0 radical (unpaired) electrons. The zero-order valence-corrected chi connectivity index (χ0v) is 16.4. The minimum atomic E-state index is -0.266. The summed E-state index contributed by atoms with van der Waals surface area (Å²) in [5, 5.41) is 2.92. The Labute approximate surface area is 174 Å². The van der Waals surface area contributed by atoms with Gasteiger partial charge < -0.3 is 10.2 Å². The Morgan fingerprint density at radius 3 is 2.70 bits per heavy atom. The van der Waals surface area contributed by atoms with Gasteiger partial charge in [-0.05, 0) is 24.1 Å². The third-order valence-electron chi connectivity index (χ3n) is 4.97. The van der Waals surface area contributed by atoms with Crippen LogP contribution in [0.5, 0.6) is 0 Å². The number of nitrogens with one attached hydrogen (secondary N) is 1. The van der Waals surface area contributed by atoms with Crippen molar-refractivity contribution < 1.29 is 9.59 Å². The molecule has 3 heterocycles. The van der Waals surface area contributed by atoms with Gasteiger partial charge in [0, 0.05) is 36.6 Å². The highest BCUT2D eigenvalue weighted by atomic mass is 16.2. The third-order valence-corrected chi connectivity index (χ3v) is 4.97. The largest absolute Gasteiger partial charge is 0.347 e. The summed E-state index contributed by atoms with van der Waals surface area (Å²) in [6.45, 7) is 4.74. The van der Waals surface area contributed by atoms with E-state index in [1.165, 1.54) is 6.08 Å². The molecular weight excluding hydrogens is 378 g/mol. The predicted octanol–water partition coefficient (Wildman–Crippen LogP) is 2.54. The zero-order chi connectivity index (χ0) is 20.9. The fraction of sp³-hybridized carbons (Fsp3) is 0.174. The Balaban J connectivity index is 1.69. The summed E-state index contributed by atoms with van der Waals surface area (Å²) < 4.78 is 0. The SMILES string of the molecule is C=CC(=O)N1CCc2c(nc(-c3ccccc3)nc2C(=O)NCc2cccnc2)C1. The lowest BCUT2D eigenvalue weighted by molar-refractivity contribution is -0.126. The molecule has 2 amide bonds. The van der Waals surface area contributed by atoms with Gasteiger partial charge in [-0.3, -0.25) is 14.6 Å². The number of benzene rings is 1.